The second-order valence-corrected chi connectivity index (χ2v) is 13.2. The molecular formula is C34H35F3N8O3. The van der Waals surface area contributed by atoms with Crippen LogP contribution >= 0.6 is 0 Å². The molecule has 0 amide bonds. The molecule has 48 heavy (non-hydrogen) atoms. The van der Waals surface area contributed by atoms with E-state index in [2.05, 4.69) is 25.5 Å². The van der Waals surface area contributed by atoms with E-state index in [0.29, 0.717) is 80.7 Å². The molecule has 4 aromatic rings. The maximum Gasteiger partial charge on any atom is 0.418 e. The Balaban J connectivity index is 1.18. The number of aliphatic hydroxyl groups excluding tert-OH is 1. The standard InChI is InChI=1S/C34H35F3N8O3/c1-48-29-7-3-22(18-39-29)21-2-5-27-25(14-21)31-30(32(47)44(27)13-12-42-19-33(20-42)16-24(46)17-33)40-41-45(31)23-4-6-28(26(15-23)34(35,36)37)43-10-8-38-9-11-43/h2-7,14-15,18,32,38,47H,8-13,16-17,19-20H2,1H3. The number of pyridine rings is 1. The van der Waals surface area contributed by atoms with E-state index in [1.54, 1.807) is 30.3 Å². The van der Waals surface area contributed by atoms with Crippen molar-refractivity contribution in [2.24, 2.45) is 5.41 Å². The van der Waals surface area contributed by atoms with Gasteiger partial charge in [0.05, 0.1) is 18.4 Å². The number of fused-ring (bicyclic) bond motifs is 3. The summed E-state index contributed by atoms with van der Waals surface area (Å²) in [5, 5.41) is 23.6. The highest BCUT2D eigenvalue weighted by Gasteiger charge is 2.51. The van der Waals surface area contributed by atoms with E-state index in [4.69, 9.17) is 4.74 Å². The van der Waals surface area contributed by atoms with Crippen LogP contribution in [0, 0.1) is 5.41 Å². The first-order chi connectivity index (χ1) is 23.1. The Labute approximate surface area is 274 Å². The number of carbonyl (C=O) groups excluding carboxylic acids is 1. The van der Waals surface area contributed by atoms with Crippen LogP contribution in [0.1, 0.15) is 30.3 Å². The number of aliphatic hydroxyl groups is 1. The minimum Gasteiger partial charge on any atom is -0.481 e. The fourth-order valence-electron chi connectivity index (χ4n) is 7.63. The summed E-state index contributed by atoms with van der Waals surface area (Å²) in [6.45, 7) is 4.99. The zero-order valence-corrected chi connectivity index (χ0v) is 26.4. The van der Waals surface area contributed by atoms with Gasteiger partial charge in [0.15, 0.2) is 6.23 Å². The number of benzene rings is 2. The topological polar surface area (TPSA) is 112 Å². The van der Waals surface area contributed by atoms with Crippen molar-refractivity contribution in [3.8, 4) is 34.0 Å². The number of ketones is 1. The fourth-order valence-corrected chi connectivity index (χ4v) is 7.63. The summed E-state index contributed by atoms with van der Waals surface area (Å²) in [5.41, 5.74) is 3.41. The number of nitrogens with zero attached hydrogens (tertiary/aromatic N) is 7. The van der Waals surface area contributed by atoms with Gasteiger partial charge in [-0.1, -0.05) is 11.3 Å². The van der Waals surface area contributed by atoms with Crippen LogP contribution in [-0.2, 0) is 11.0 Å². The van der Waals surface area contributed by atoms with Crippen molar-refractivity contribution < 1.29 is 27.8 Å². The number of rotatable bonds is 7. The molecule has 2 N–H and O–H groups in total. The predicted molar refractivity (Wildman–Crippen MR) is 172 cm³/mol. The normalized spacial score (nSPS) is 20.3. The van der Waals surface area contributed by atoms with E-state index in [0.717, 1.165) is 30.3 Å². The number of piperazine rings is 1. The largest absolute Gasteiger partial charge is 0.481 e. The fraction of sp³-hybridized carbons (Fsp3) is 0.412. The summed E-state index contributed by atoms with van der Waals surface area (Å²) in [5.74, 6) is 0.786. The van der Waals surface area contributed by atoms with Crippen molar-refractivity contribution in [2.75, 3.05) is 69.3 Å². The van der Waals surface area contributed by atoms with Crippen LogP contribution in [0.2, 0.25) is 0 Å². The van der Waals surface area contributed by atoms with Crippen LogP contribution in [0.5, 0.6) is 5.88 Å². The van der Waals surface area contributed by atoms with Gasteiger partial charge in [-0.05, 0) is 42.0 Å². The minimum atomic E-state index is -4.60. The number of halogens is 3. The molecular weight excluding hydrogens is 625 g/mol. The molecule has 0 bridgehead atoms. The number of hydrogen-bond donors (Lipinski definition) is 2. The number of anilines is 2. The number of aromatic nitrogens is 4. The molecule has 250 valence electrons. The Kier molecular flexibility index (Phi) is 7.42. The number of likely N-dealkylation sites (tertiary alicyclic amines) is 1. The van der Waals surface area contributed by atoms with E-state index in [-0.39, 0.29) is 22.5 Å². The SMILES string of the molecule is COc1ccc(-c2ccc3c(c2)-c2c(nnn2-c2ccc(N4CCNCC4)c(C(F)(F)F)c2)C(O)N3CCN2CC3(CC(=O)C3)C2)cn1. The molecule has 1 aliphatic carbocycles. The van der Waals surface area contributed by atoms with Crippen LogP contribution < -0.4 is 19.9 Å². The van der Waals surface area contributed by atoms with Crippen molar-refractivity contribution in [3.63, 3.8) is 0 Å². The second kappa shape index (κ2) is 11.6. The van der Waals surface area contributed by atoms with Gasteiger partial charge in [-0.25, -0.2) is 9.67 Å². The number of ether oxygens (including phenoxy) is 1. The highest BCUT2D eigenvalue weighted by molar-refractivity contribution is 5.87. The first-order valence-electron chi connectivity index (χ1n) is 16.1. The highest BCUT2D eigenvalue weighted by Crippen LogP contribution is 2.48. The summed E-state index contributed by atoms with van der Waals surface area (Å²) in [6.07, 6.45) is -2.79. The van der Waals surface area contributed by atoms with Gasteiger partial charge in [0, 0.05) is 105 Å². The molecule has 14 heteroatoms. The lowest BCUT2D eigenvalue weighted by molar-refractivity contribution is -0.145. The van der Waals surface area contributed by atoms with Gasteiger partial charge >= 0.3 is 6.18 Å². The average molecular weight is 661 g/mol. The van der Waals surface area contributed by atoms with E-state index < -0.39 is 18.0 Å². The summed E-state index contributed by atoms with van der Waals surface area (Å²) in [6, 6.07) is 13.7. The lowest BCUT2D eigenvalue weighted by atomic mass is 9.63. The van der Waals surface area contributed by atoms with Crippen molar-refractivity contribution in [1.29, 1.82) is 0 Å². The molecule has 4 aliphatic rings. The molecule has 2 saturated heterocycles. The summed E-state index contributed by atoms with van der Waals surface area (Å²) in [7, 11) is 1.54. The zero-order chi connectivity index (χ0) is 33.2. The molecule has 1 saturated carbocycles. The van der Waals surface area contributed by atoms with Gasteiger partial charge in [-0.15, -0.1) is 5.10 Å². The van der Waals surface area contributed by atoms with E-state index in [9.17, 15) is 23.1 Å². The maximum atomic E-state index is 14.5. The first-order valence-corrected chi connectivity index (χ1v) is 16.1. The predicted octanol–water partition coefficient (Wildman–Crippen LogP) is 3.91. The molecule has 3 aliphatic heterocycles. The van der Waals surface area contributed by atoms with E-state index in [1.807, 2.05) is 29.2 Å². The van der Waals surface area contributed by atoms with Gasteiger partial charge < -0.3 is 29.9 Å². The van der Waals surface area contributed by atoms with Crippen LogP contribution in [0.25, 0.3) is 28.1 Å². The van der Waals surface area contributed by atoms with Crippen LogP contribution in [0.4, 0.5) is 24.5 Å². The summed E-state index contributed by atoms with van der Waals surface area (Å²) >= 11 is 0. The number of nitrogens with one attached hydrogen (secondary N) is 1. The number of Topliss-reactive ketones (excluding diaryl/α,β-unsaturated/α-hetero) is 1. The van der Waals surface area contributed by atoms with Crippen molar-refractivity contribution in [3.05, 3.63) is 66.0 Å². The zero-order valence-electron chi connectivity index (χ0n) is 26.4. The third kappa shape index (κ3) is 5.28. The van der Waals surface area contributed by atoms with Crippen LogP contribution in [0.3, 0.4) is 0 Å². The van der Waals surface area contributed by atoms with Crippen molar-refractivity contribution in [1.82, 2.24) is 30.2 Å². The molecule has 5 heterocycles. The second-order valence-electron chi connectivity index (χ2n) is 13.2. The number of carbonyl (C=O) groups is 1. The monoisotopic (exact) mass is 660 g/mol. The molecule has 2 aromatic carbocycles. The summed E-state index contributed by atoms with van der Waals surface area (Å²) < 4.78 is 50.2. The van der Waals surface area contributed by atoms with Gasteiger partial charge in [0.1, 0.15) is 17.2 Å². The molecule has 8 rings (SSSR count). The first kappa shape index (κ1) is 30.8. The average Bonchev–Trinajstić information content (AvgIpc) is 3.52. The Bertz CT molecular complexity index is 1860. The Morgan fingerprint density at radius 1 is 1.00 bits per heavy atom. The molecule has 3 fully saturated rings. The molecule has 11 nitrogen and oxygen atoms in total. The van der Waals surface area contributed by atoms with Crippen molar-refractivity contribution >= 4 is 17.2 Å². The number of alkyl halides is 3. The maximum absolute atomic E-state index is 14.5. The van der Waals surface area contributed by atoms with Gasteiger partial charge in [0.2, 0.25) is 5.88 Å². The third-order valence-electron chi connectivity index (χ3n) is 9.98. The van der Waals surface area contributed by atoms with E-state index in [1.165, 1.54) is 10.7 Å². The molecule has 2 aromatic heterocycles. The molecule has 1 atom stereocenters. The van der Waals surface area contributed by atoms with E-state index >= 15 is 0 Å². The number of methoxy groups -OCH3 is 1. The smallest absolute Gasteiger partial charge is 0.418 e. The number of hydrogen-bond acceptors (Lipinski definition) is 10. The molecule has 0 radical (unpaired) electrons. The quantitative estimate of drug-likeness (QED) is 0.303. The third-order valence-corrected chi connectivity index (χ3v) is 9.98. The van der Waals surface area contributed by atoms with Crippen molar-refractivity contribution in [2.45, 2.75) is 25.2 Å². The van der Waals surface area contributed by atoms with Gasteiger partial charge in [-0.2, -0.15) is 13.2 Å². The summed E-state index contributed by atoms with van der Waals surface area (Å²) in [4.78, 5) is 21.8. The highest BCUT2D eigenvalue weighted by atomic mass is 19.4. The Morgan fingerprint density at radius 3 is 2.44 bits per heavy atom. The lowest BCUT2D eigenvalue weighted by Crippen LogP contribution is -2.63. The van der Waals surface area contributed by atoms with Gasteiger partial charge in [0.25, 0.3) is 0 Å². The minimum absolute atomic E-state index is 0.113. The molecule has 1 spiro atoms. The van der Waals surface area contributed by atoms with Gasteiger partial charge in [-0.3, -0.25) is 4.79 Å². The van der Waals surface area contributed by atoms with Crippen LogP contribution in [-0.4, -0.2) is 95.2 Å². The Morgan fingerprint density at radius 2 is 1.75 bits per heavy atom. The Hall–Kier alpha value is -4.53. The molecule has 1 unspecified atom stereocenters. The van der Waals surface area contributed by atoms with Crippen LogP contribution in [0.15, 0.2) is 54.7 Å². The lowest BCUT2D eigenvalue weighted by Gasteiger charge is -2.55.